The van der Waals surface area contributed by atoms with Crippen LogP contribution in [0.2, 0.25) is 0 Å². The van der Waals surface area contributed by atoms with Gasteiger partial charge in [-0.3, -0.25) is 0 Å². The van der Waals surface area contributed by atoms with Crippen LogP contribution in [-0.2, 0) is 0 Å². The zero-order chi connectivity index (χ0) is 14.2. The number of benzene rings is 1. The van der Waals surface area contributed by atoms with Gasteiger partial charge in [0.15, 0.2) is 0 Å². The van der Waals surface area contributed by atoms with Crippen molar-refractivity contribution in [3.8, 4) is 5.75 Å². The highest BCUT2D eigenvalue weighted by molar-refractivity contribution is 5.89. The minimum Gasteiger partial charge on any atom is -0.497 e. The van der Waals surface area contributed by atoms with Gasteiger partial charge in [0.1, 0.15) is 5.75 Å². The lowest BCUT2D eigenvalue weighted by atomic mass is 9.87. The number of urea groups is 1. The highest BCUT2D eigenvalue weighted by Crippen LogP contribution is 2.25. The number of amides is 2. The molecule has 2 N–H and O–H groups in total. The van der Waals surface area contributed by atoms with Crippen LogP contribution in [0.1, 0.15) is 38.5 Å². The van der Waals surface area contributed by atoms with Crippen molar-refractivity contribution < 1.29 is 9.53 Å². The molecular weight excluding hydrogens is 252 g/mol. The maximum atomic E-state index is 11.8. The van der Waals surface area contributed by atoms with Crippen LogP contribution in [0.3, 0.4) is 0 Å². The molecule has 110 valence electrons. The van der Waals surface area contributed by atoms with Gasteiger partial charge in [0.25, 0.3) is 0 Å². The Morgan fingerprint density at radius 2 is 2.10 bits per heavy atom. The quantitative estimate of drug-likeness (QED) is 0.859. The summed E-state index contributed by atoms with van der Waals surface area (Å²) < 4.78 is 5.13. The first kappa shape index (κ1) is 14.7. The number of hydrogen-bond donors (Lipinski definition) is 2. The van der Waals surface area contributed by atoms with E-state index in [2.05, 4.69) is 10.6 Å². The average Bonchev–Trinajstić information content (AvgIpc) is 2.48. The van der Waals surface area contributed by atoms with Gasteiger partial charge in [0.2, 0.25) is 0 Å². The monoisotopic (exact) mass is 276 g/mol. The second-order valence-corrected chi connectivity index (χ2v) is 5.41. The molecule has 0 saturated heterocycles. The van der Waals surface area contributed by atoms with Crippen molar-refractivity contribution in [3.63, 3.8) is 0 Å². The van der Waals surface area contributed by atoms with Gasteiger partial charge in [-0.05, 0) is 24.5 Å². The topological polar surface area (TPSA) is 50.4 Å². The molecule has 0 aliphatic heterocycles. The predicted molar refractivity (Wildman–Crippen MR) is 81.2 cm³/mol. The first-order valence-corrected chi connectivity index (χ1v) is 7.47. The van der Waals surface area contributed by atoms with E-state index < -0.39 is 0 Å². The molecule has 2 rings (SSSR count). The van der Waals surface area contributed by atoms with Crippen molar-refractivity contribution in [2.75, 3.05) is 19.0 Å². The zero-order valence-corrected chi connectivity index (χ0v) is 12.2. The van der Waals surface area contributed by atoms with Crippen molar-refractivity contribution >= 4 is 11.7 Å². The first-order chi connectivity index (χ1) is 9.78. The summed E-state index contributed by atoms with van der Waals surface area (Å²) in [5, 5.41) is 5.75. The molecule has 1 saturated carbocycles. The Morgan fingerprint density at radius 1 is 1.30 bits per heavy atom. The van der Waals surface area contributed by atoms with Gasteiger partial charge in [-0.25, -0.2) is 4.79 Å². The van der Waals surface area contributed by atoms with E-state index in [0.29, 0.717) is 0 Å². The van der Waals surface area contributed by atoms with Crippen LogP contribution >= 0.6 is 0 Å². The lowest BCUT2D eigenvalue weighted by Crippen LogP contribution is -2.30. The largest absolute Gasteiger partial charge is 0.497 e. The SMILES string of the molecule is COc1cccc(NC(=O)NCCC2CCCCC2)c1. The summed E-state index contributed by atoms with van der Waals surface area (Å²) in [5.41, 5.74) is 0.750. The standard InChI is InChI=1S/C16H24N2O2/c1-20-15-9-5-8-14(12-15)18-16(19)17-11-10-13-6-3-2-4-7-13/h5,8-9,12-13H,2-4,6-7,10-11H2,1H3,(H2,17,18,19). The van der Waals surface area contributed by atoms with E-state index in [9.17, 15) is 4.79 Å². The number of carbonyl (C=O) groups is 1. The second-order valence-electron chi connectivity index (χ2n) is 5.41. The number of ether oxygens (including phenoxy) is 1. The first-order valence-electron chi connectivity index (χ1n) is 7.47. The maximum Gasteiger partial charge on any atom is 0.319 e. The van der Waals surface area contributed by atoms with Crippen LogP contribution in [0.25, 0.3) is 0 Å². The number of anilines is 1. The molecule has 2 amide bonds. The highest BCUT2D eigenvalue weighted by Gasteiger charge is 2.13. The Bertz CT molecular complexity index is 428. The second kappa shape index (κ2) is 7.78. The zero-order valence-electron chi connectivity index (χ0n) is 12.2. The minimum atomic E-state index is -0.144. The number of methoxy groups -OCH3 is 1. The molecule has 1 fully saturated rings. The summed E-state index contributed by atoms with van der Waals surface area (Å²) in [4.78, 5) is 11.8. The normalized spacial score (nSPS) is 15.7. The van der Waals surface area contributed by atoms with E-state index in [0.717, 1.165) is 30.3 Å². The molecule has 20 heavy (non-hydrogen) atoms. The van der Waals surface area contributed by atoms with E-state index in [1.165, 1.54) is 32.1 Å². The average molecular weight is 276 g/mol. The third kappa shape index (κ3) is 4.76. The van der Waals surface area contributed by atoms with E-state index in [4.69, 9.17) is 4.74 Å². The van der Waals surface area contributed by atoms with E-state index in [1.807, 2.05) is 18.2 Å². The predicted octanol–water partition coefficient (Wildman–Crippen LogP) is 3.79. The molecule has 1 aliphatic carbocycles. The molecule has 4 heteroatoms. The summed E-state index contributed by atoms with van der Waals surface area (Å²) in [7, 11) is 1.61. The van der Waals surface area contributed by atoms with Crippen molar-refractivity contribution in [2.24, 2.45) is 5.92 Å². The fourth-order valence-electron chi connectivity index (χ4n) is 2.74. The van der Waals surface area contributed by atoms with Crippen molar-refractivity contribution in [1.82, 2.24) is 5.32 Å². The van der Waals surface area contributed by atoms with Gasteiger partial charge >= 0.3 is 6.03 Å². The highest BCUT2D eigenvalue weighted by atomic mass is 16.5. The molecule has 0 aromatic heterocycles. The Morgan fingerprint density at radius 3 is 2.85 bits per heavy atom. The number of hydrogen-bond acceptors (Lipinski definition) is 2. The summed E-state index contributed by atoms with van der Waals surface area (Å²) in [6.07, 6.45) is 7.80. The van der Waals surface area contributed by atoms with Crippen LogP contribution in [-0.4, -0.2) is 19.7 Å². The Labute approximate surface area is 120 Å². The molecule has 4 nitrogen and oxygen atoms in total. The van der Waals surface area contributed by atoms with E-state index >= 15 is 0 Å². The Kier molecular flexibility index (Phi) is 5.71. The molecule has 1 aliphatic rings. The fourth-order valence-corrected chi connectivity index (χ4v) is 2.74. The minimum absolute atomic E-state index is 0.144. The molecule has 0 heterocycles. The summed E-state index contributed by atoms with van der Waals surface area (Å²) in [6.45, 7) is 0.750. The fraction of sp³-hybridized carbons (Fsp3) is 0.562. The van der Waals surface area contributed by atoms with Gasteiger partial charge in [0.05, 0.1) is 7.11 Å². The molecule has 0 atom stereocenters. The molecule has 1 aromatic carbocycles. The molecular formula is C16H24N2O2. The number of nitrogens with one attached hydrogen (secondary N) is 2. The lowest BCUT2D eigenvalue weighted by molar-refractivity contribution is 0.250. The van der Waals surface area contributed by atoms with Gasteiger partial charge in [-0.1, -0.05) is 38.2 Å². The number of carbonyl (C=O) groups excluding carboxylic acids is 1. The maximum absolute atomic E-state index is 11.8. The molecule has 1 aromatic rings. The van der Waals surface area contributed by atoms with Gasteiger partial charge in [-0.15, -0.1) is 0 Å². The molecule has 0 bridgehead atoms. The van der Waals surface area contributed by atoms with Crippen LogP contribution < -0.4 is 15.4 Å². The molecule has 0 radical (unpaired) electrons. The van der Waals surface area contributed by atoms with Crippen molar-refractivity contribution in [1.29, 1.82) is 0 Å². The summed E-state index contributed by atoms with van der Waals surface area (Å²) in [6, 6.07) is 7.22. The van der Waals surface area contributed by atoms with Gasteiger partial charge in [0, 0.05) is 18.3 Å². The summed E-state index contributed by atoms with van der Waals surface area (Å²) >= 11 is 0. The third-order valence-corrected chi connectivity index (χ3v) is 3.89. The Hall–Kier alpha value is -1.71. The van der Waals surface area contributed by atoms with Crippen molar-refractivity contribution in [2.45, 2.75) is 38.5 Å². The smallest absolute Gasteiger partial charge is 0.319 e. The Balaban J connectivity index is 1.69. The van der Waals surface area contributed by atoms with Crippen molar-refractivity contribution in [3.05, 3.63) is 24.3 Å². The number of rotatable bonds is 5. The summed E-state index contributed by atoms with van der Waals surface area (Å²) in [5.74, 6) is 1.53. The molecule has 0 spiro atoms. The van der Waals surface area contributed by atoms with Crippen LogP contribution in [0.15, 0.2) is 24.3 Å². The van der Waals surface area contributed by atoms with Crippen LogP contribution in [0, 0.1) is 5.92 Å². The van der Waals surface area contributed by atoms with Gasteiger partial charge < -0.3 is 15.4 Å². The lowest BCUT2D eigenvalue weighted by Gasteiger charge is -2.21. The molecule has 0 unspecified atom stereocenters. The third-order valence-electron chi connectivity index (χ3n) is 3.89. The van der Waals surface area contributed by atoms with E-state index in [-0.39, 0.29) is 6.03 Å². The van der Waals surface area contributed by atoms with Crippen LogP contribution in [0.4, 0.5) is 10.5 Å². The van der Waals surface area contributed by atoms with E-state index in [1.54, 1.807) is 13.2 Å². The van der Waals surface area contributed by atoms with Gasteiger partial charge in [-0.2, -0.15) is 0 Å². The van der Waals surface area contributed by atoms with Crippen LogP contribution in [0.5, 0.6) is 5.75 Å².